The van der Waals surface area contributed by atoms with Crippen LogP contribution in [0.4, 0.5) is 0 Å². The smallest absolute Gasteiger partial charge is 0.303 e. The molecule has 0 radical (unpaired) electrons. The summed E-state index contributed by atoms with van der Waals surface area (Å²) in [6.45, 7) is 3.90. The first-order valence-corrected chi connectivity index (χ1v) is 5.88. The number of hydrogen-bond donors (Lipinski definition) is 2. The van der Waals surface area contributed by atoms with Crippen LogP contribution in [-0.2, 0) is 9.59 Å². The largest absolute Gasteiger partial charge is 0.481 e. The van der Waals surface area contributed by atoms with E-state index in [-0.39, 0.29) is 24.8 Å². The van der Waals surface area contributed by atoms with Gasteiger partial charge in [0.05, 0.1) is 12.5 Å². The third kappa shape index (κ3) is 4.02. The van der Waals surface area contributed by atoms with E-state index in [0.29, 0.717) is 0 Å². The lowest BCUT2D eigenvalue weighted by Gasteiger charge is -2.11. The second-order valence-electron chi connectivity index (χ2n) is 3.63. The monoisotopic (exact) mass is 241 g/mol. The van der Waals surface area contributed by atoms with Gasteiger partial charge >= 0.3 is 5.97 Å². The third-order valence-corrected chi connectivity index (χ3v) is 3.31. The minimum atomic E-state index is -0.949. The first-order chi connectivity index (χ1) is 7.49. The van der Waals surface area contributed by atoms with Gasteiger partial charge in [0.2, 0.25) is 5.91 Å². The Labute approximate surface area is 98.3 Å². The molecule has 0 saturated heterocycles. The molecule has 1 unspecified atom stereocenters. The number of rotatable bonds is 5. The number of carbonyl (C=O) groups is 2. The molecule has 0 saturated carbocycles. The van der Waals surface area contributed by atoms with E-state index < -0.39 is 5.97 Å². The molecule has 4 nitrogen and oxygen atoms in total. The summed E-state index contributed by atoms with van der Waals surface area (Å²) in [6.07, 6.45) is -0.0912. The SMILES string of the molecule is Cc1ccc(C(C)NC(=O)CCC(=O)O)s1. The van der Waals surface area contributed by atoms with Crippen LogP contribution < -0.4 is 5.32 Å². The van der Waals surface area contributed by atoms with Crippen molar-refractivity contribution in [3.63, 3.8) is 0 Å². The van der Waals surface area contributed by atoms with Crippen LogP contribution in [0.2, 0.25) is 0 Å². The highest BCUT2D eigenvalue weighted by atomic mass is 32.1. The van der Waals surface area contributed by atoms with Crippen molar-refractivity contribution in [3.05, 3.63) is 21.9 Å². The van der Waals surface area contributed by atoms with E-state index in [4.69, 9.17) is 5.11 Å². The lowest BCUT2D eigenvalue weighted by Crippen LogP contribution is -2.26. The molecule has 88 valence electrons. The maximum absolute atomic E-state index is 11.4. The van der Waals surface area contributed by atoms with Crippen LogP contribution in [-0.4, -0.2) is 17.0 Å². The predicted octanol–water partition coefficient (Wildman–Crippen LogP) is 2.10. The molecule has 1 aromatic rings. The molecule has 0 spiro atoms. The van der Waals surface area contributed by atoms with Gasteiger partial charge in [-0.25, -0.2) is 0 Å². The van der Waals surface area contributed by atoms with Crippen molar-refractivity contribution in [1.29, 1.82) is 0 Å². The van der Waals surface area contributed by atoms with Gasteiger partial charge in [0.15, 0.2) is 0 Å². The molecular formula is C11H15NO3S. The van der Waals surface area contributed by atoms with Gasteiger partial charge in [-0.2, -0.15) is 0 Å². The standard InChI is InChI=1S/C11H15NO3S/c1-7-3-4-9(16-7)8(2)12-10(13)5-6-11(14)15/h3-4,8H,5-6H2,1-2H3,(H,12,13)(H,14,15). The minimum Gasteiger partial charge on any atom is -0.481 e. The van der Waals surface area contributed by atoms with Gasteiger partial charge in [0, 0.05) is 16.2 Å². The number of aliphatic carboxylic acids is 1. The van der Waals surface area contributed by atoms with E-state index >= 15 is 0 Å². The molecule has 0 aliphatic carbocycles. The highest BCUT2D eigenvalue weighted by molar-refractivity contribution is 7.12. The molecule has 1 rings (SSSR count). The molecule has 16 heavy (non-hydrogen) atoms. The average Bonchev–Trinajstić information content (AvgIpc) is 2.62. The molecule has 0 aromatic carbocycles. The van der Waals surface area contributed by atoms with E-state index in [9.17, 15) is 9.59 Å². The second-order valence-corrected chi connectivity index (χ2v) is 4.95. The second kappa shape index (κ2) is 5.65. The van der Waals surface area contributed by atoms with Crippen LogP contribution in [0.25, 0.3) is 0 Å². The molecule has 1 aromatic heterocycles. The van der Waals surface area contributed by atoms with Crippen molar-refractivity contribution in [3.8, 4) is 0 Å². The molecule has 0 bridgehead atoms. The Balaban J connectivity index is 2.42. The first-order valence-electron chi connectivity index (χ1n) is 5.06. The molecule has 2 N–H and O–H groups in total. The number of thiophene rings is 1. The zero-order valence-electron chi connectivity index (χ0n) is 9.32. The van der Waals surface area contributed by atoms with E-state index in [1.54, 1.807) is 11.3 Å². The summed E-state index contributed by atoms with van der Waals surface area (Å²) in [5.74, 6) is -1.17. The third-order valence-electron chi connectivity index (χ3n) is 2.13. The van der Waals surface area contributed by atoms with Crippen molar-refractivity contribution >= 4 is 23.2 Å². The molecule has 5 heteroatoms. The van der Waals surface area contributed by atoms with Crippen molar-refractivity contribution in [1.82, 2.24) is 5.32 Å². The number of carbonyl (C=O) groups excluding carboxylic acids is 1. The summed E-state index contributed by atoms with van der Waals surface area (Å²) in [4.78, 5) is 23.9. The Bertz CT molecular complexity index is 386. The Morgan fingerprint density at radius 1 is 1.44 bits per heavy atom. The first kappa shape index (κ1) is 12.7. The Morgan fingerprint density at radius 2 is 2.12 bits per heavy atom. The van der Waals surface area contributed by atoms with E-state index in [0.717, 1.165) is 4.88 Å². The van der Waals surface area contributed by atoms with Crippen molar-refractivity contribution in [2.45, 2.75) is 32.7 Å². The zero-order valence-corrected chi connectivity index (χ0v) is 10.1. The minimum absolute atomic E-state index is 0.0318. The summed E-state index contributed by atoms with van der Waals surface area (Å²) >= 11 is 1.63. The van der Waals surface area contributed by atoms with Gasteiger partial charge in [0.1, 0.15) is 0 Å². The Hall–Kier alpha value is -1.36. The molecule has 1 amide bonds. The van der Waals surface area contributed by atoms with Crippen molar-refractivity contribution < 1.29 is 14.7 Å². The van der Waals surface area contributed by atoms with Crippen molar-refractivity contribution in [2.24, 2.45) is 0 Å². The molecule has 1 heterocycles. The predicted molar refractivity (Wildman–Crippen MR) is 62.5 cm³/mol. The number of carboxylic acids is 1. The topological polar surface area (TPSA) is 66.4 Å². The molecule has 0 aliphatic rings. The number of carboxylic acid groups (broad SMARTS) is 1. The number of amides is 1. The summed E-state index contributed by atoms with van der Waals surface area (Å²) in [6, 6.07) is 3.92. The molecule has 0 fully saturated rings. The number of nitrogens with one attached hydrogen (secondary N) is 1. The van der Waals surface area contributed by atoms with Gasteiger partial charge in [-0.1, -0.05) is 0 Å². The van der Waals surface area contributed by atoms with Crippen LogP contribution in [0.3, 0.4) is 0 Å². The van der Waals surface area contributed by atoms with Crippen molar-refractivity contribution in [2.75, 3.05) is 0 Å². The van der Waals surface area contributed by atoms with E-state index in [1.165, 1.54) is 4.88 Å². The Kier molecular flexibility index (Phi) is 4.49. The Morgan fingerprint density at radius 3 is 2.62 bits per heavy atom. The maximum Gasteiger partial charge on any atom is 0.303 e. The lowest BCUT2D eigenvalue weighted by molar-refractivity contribution is -0.138. The lowest BCUT2D eigenvalue weighted by atomic mass is 10.2. The van der Waals surface area contributed by atoms with Crippen LogP contribution in [0.15, 0.2) is 12.1 Å². The summed E-state index contributed by atoms with van der Waals surface area (Å²) < 4.78 is 0. The average molecular weight is 241 g/mol. The number of hydrogen-bond acceptors (Lipinski definition) is 3. The highest BCUT2D eigenvalue weighted by Crippen LogP contribution is 2.22. The van der Waals surface area contributed by atoms with Gasteiger partial charge in [0.25, 0.3) is 0 Å². The molecule has 0 aliphatic heterocycles. The molecular weight excluding hydrogens is 226 g/mol. The van der Waals surface area contributed by atoms with Gasteiger partial charge in [-0.3, -0.25) is 9.59 Å². The van der Waals surface area contributed by atoms with Crippen LogP contribution in [0.5, 0.6) is 0 Å². The zero-order chi connectivity index (χ0) is 12.1. The highest BCUT2D eigenvalue weighted by Gasteiger charge is 2.11. The van der Waals surface area contributed by atoms with Gasteiger partial charge in [-0.05, 0) is 26.0 Å². The van der Waals surface area contributed by atoms with Crippen LogP contribution in [0, 0.1) is 6.92 Å². The fourth-order valence-electron chi connectivity index (χ4n) is 1.29. The number of aryl methyl sites for hydroxylation is 1. The van der Waals surface area contributed by atoms with Crippen LogP contribution in [0.1, 0.15) is 35.6 Å². The van der Waals surface area contributed by atoms with Crippen LogP contribution >= 0.6 is 11.3 Å². The normalized spacial score (nSPS) is 12.1. The summed E-state index contributed by atoms with van der Waals surface area (Å²) in [7, 11) is 0. The van der Waals surface area contributed by atoms with E-state index in [1.807, 2.05) is 26.0 Å². The van der Waals surface area contributed by atoms with Gasteiger partial charge in [-0.15, -0.1) is 11.3 Å². The molecule has 1 atom stereocenters. The fraction of sp³-hybridized carbons (Fsp3) is 0.455. The van der Waals surface area contributed by atoms with E-state index in [2.05, 4.69) is 5.32 Å². The summed E-state index contributed by atoms with van der Waals surface area (Å²) in [5, 5.41) is 11.2. The maximum atomic E-state index is 11.4. The van der Waals surface area contributed by atoms with Gasteiger partial charge < -0.3 is 10.4 Å². The quantitative estimate of drug-likeness (QED) is 0.829. The fourth-order valence-corrected chi connectivity index (χ4v) is 2.17. The summed E-state index contributed by atoms with van der Waals surface area (Å²) in [5.41, 5.74) is 0.